The lowest BCUT2D eigenvalue weighted by Gasteiger charge is -2.11. The fraction of sp³-hybridized carbons (Fsp3) is 0.111. The average molecular weight is 440 g/mol. The number of hydrogen-bond acceptors (Lipinski definition) is 5. The Morgan fingerprint density at radius 1 is 0.879 bits per heavy atom. The lowest BCUT2D eigenvalue weighted by Crippen LogP contribution is -2.18. The number of carbonyl (C=O) groups is 1. The predicted molar refractivity (Wildman–Crippen MR) is 129 cm³/mol. The second-order valence-electron chi connectivity index (χ2n) is 7.23. The Hall–Kier alpha value is -4.32. The van der Waals surface area contributed by atoms with Gasteiger partial charge in [0.1, 0.15) is 23.9 Å². The smallest absolute Gasteiger partial charge is 0.275 e. The summed E-state index contributed by atoms with van der Waals surface area (Å²) in [6.45, 7) is 0.418. The maximum Gasteiger partial charge on any atom is 0.275 e. The van der Waals surface area contributed by atoms with Crippen LogP contribution in [0.3, 0.4) is 0 Å². The molecule has 0 atom stereocenters. The van der Waals surface area contributed by atoms with E-state index in [-0.39, 0.29) is 5.91 Å². The molecule has 0 aliphatic rings. The molecule has 0 heterocycles. The maximum atomic E-state index is 12.6. The van der Waals surface area contributed by atoms with Crippen molar-refractivity contribution in [3.63, 3.8) is 0 Å². The van der Waals surface area contributed by atoms with Crippen molar-refractivity contribution in [2.45, 2.75) is 6.61 Å². The summed E-state index contributed by atoms with van der Waals surface area (Å²) in [6, 6.07) is 26.9. The van der Waals surface area contributed by atoms with E-state index in [9.17, 15) is 4.79 Å². The Kier molecular flexibility index (Phi) is 6.85. The fourth-order valence-electron chi connectivity index (χ4n) is 3.50. The number of hydrazone groups is 1. The maximum absolute atomic E-state index is 12.6. The zero-order valence-electron chi connectivity index (χ0n) is 18.4. The second-order valence-corrected chi connectivity index (χ2v) is 7.23. The van der Waals surface area contributed by atoms with Crippen molar-refractivity contribution < 1.29 is 19.0 Å². The summed E-state index contributed by atoms with van der Waals surface area (Å²) < 4.78 is 16.5. The van der Waals surface area contributed by atoms with Gasteiger partial charge in [0, 0.05) is 11.6 Å². The molecule has 33 heavy (non-hydrogen) atoms. The highest BCUT2D eigenvalue weighted by molar-refractivity contribution is 5.97. The standard InChI is InChI=1S/C27H24N2O4/c1-31-22-14-15-24(26(16-22)32-2)27(30)29-28-17-20-9-4-6-13-25(20)33-18-21-11-7-10-19-8-3-5-12-23(19)21/h3-17H,18H2,1-2H3,(H,29,30). The Morgan fingerprint density at radius 3 is 2.52 bits per heavy atom. The van der Waals surface area contributed by atoms with Crippen LogP contribution >= 0.6 is 0 Å². The summed E-state index contributed by atoms with van der Waals surface area (Å²) in [6.07, 6.45) is 1.56. The molecule has 0 saturated heterocycles. The van der Waals surface area contributed by atoms with Gasteiger partial charge in [-0.15, -0.1) is 0 Å². The van der Waals surface area contributed by atoms with Crippen molar-refractivity contribution in [2.24, 2.45) is 5.10 Å². The van der Waals surface area contributed by atoms with Crippen LogP contribution in [-0.2, 0) is 6.61 Å². The lowest BCUT2D eigenvalue weighted by atomic mass is 10.1. The van der Waals surface area contributed by atoms with Crippen LogP contribution in [0.1, 0.15) is 21.5 Å². The number of benzene rings is 4. The van der Waals surface area contributed by atoms with Gasteiger partial charge in [0.05, 0.1) is 26.0 Å². The van der Waals surface area contributed by atoms with E-state index in [1.807, 2.05) is 42.5 Å². The van der Waals surface area contributed by atoms with Crippen molar-refractivity contribution in [1.29, 1.82) is 0 Å². The van der Waals surface area contributed by atoms with Gasteiger partial charge in [0.2, 0.25) is 0 Å². The number of nitrogens with zero attached hydrogens (tertiary/aromatic N) is 1. The molecule has 0 saturated carbocycles. The van der Waals surface area contributed by atoms with Gasteiger partial charge in [-0.1, -0.05) is 54.6 Å². The van der Waals surface area contributed by atoms with Gasteiger partial charge in [-0.3, -0.25) is 4.79 Å². The van der Waals surface area contributed by atoms with E-state index >= 15 is 0 Å². The Labute approximate surface area is 192 Å². The van der Waals surface area contributed by atoms with E-state index in [2.05, 4.69) is 34.8 Å². The van der Waals surface area contributed by atoms with E-state index < -0.39 is 0 Å². The number of ether oxygens (including phenoxy) is 3. The molecule has 0 spiro atoms. The van der Waals surface area contributed by atoms with Gasteiger partial charge in [0.15, 0.2) is 0 Å². The quantitative estimate of drug-likeness (QED) is 0.302. The molecule has 1 amide bonds. The van der Waals surface area contributed by atoms with Crippen molar-refractivity contribution in [1.82, 2.24) is 5.43 Å². The number of para-hydroxylation sites is 1. The lowest BCUT2D eigenvalue weighted by molar-refractivity contribution is 0.0952. The second kappa shape index (κ2) is 10.3. The zero-order valence-corrected chi connectivity index (χ0v) is 18.4. The third-order valence-corrected chi connectivity index (χ3v) is 5.21. The molecule has 0 aliphatic heterocycles. The van der Waals surface area contributed by atoms with Gasteiger partial charge in [-0.25, -0.2) is 5.43 Å². The minimum atomic E-state index is -0.389. The number of carbonyl (C=O) groups excluding carboxylic acids is 1. The number of amides is 1. The molecule has 6 heteroatoms. The van der Waals surface area contributed by atoms with Gasteiger partial charge in [-0.2, -0.15) is 5.10 Å². The van der Waals surface area contributed by atoms with Crippen LogP contribution in [0.5, 0.6) is 17.2 Å². The molecule has 0 aliphatic carbocycles. The molecule has 0 fully saturated rings. The molecule has 4 aromatic rings. The SMILES string of the molecule is COc1ccc(C(=O)NN=Cc2ccccc2OCc2cccc3ccccc23)c(OC)c1. The summed E-state index contributed by atoms with van der Waals surface area (Å²) in [5.74, 6) is 1.29. The van der Waals surface area contributed by atoms with E-state index in [1.54, 1.807) is 31.5 Å². The Balaban J connectivity index is 1.46. The van der Waals surface area contributed by atoms with Crippen molar-refractivity contribution in [3.8, 4) is 17.2 Å². The molecule has 6 nitrogen and oxygen atoms in total. The minimum absolute atomic E-state index is 0.357. The predicted octanol–water partition coefficient (Wildman–Crippen LogP) is 5.20. The highest BCUT2D eigenvalue weighted by Crippen LogP contribution is 2.25. The first-order valence-electron chi connectivity index (χ1n) is 10.4. The fourth-order valence-corrected chi connectivity index (χ4v) is 3.50. The highest BCUT2D eigenvalue weighted by atomic mass is 16.5. The van der Waals surface area contributed by atoms with Gasteiger partial charge < -0.3 is 14.2 Å². The van der Waals surface area contributed by atoms with Crippen LogP contribution in [0.4, 0.5) is 0 Å². The summed E-state index contributed by atoms with van der Waals surface area (Å²) in [4.78, 5) is 12.6. The Bertz CT molecular complexity index is 1300. The number of methoxy groups -OCH3 is 2. The summed E-state index contributed by atoms with van der Waals surface area (Å²) >= 11 is 0. The number of nitrogens with one attached hydrogen (secondary N) is 1. The third kappa shape index (κ3) is 5.13. The van der Waals surface area contributed by atoms with Gasteiger partial charge in [0.25, 0.3) is 5.91 Å². The van der Waals surface area contributed by atoms with Crippen LogP contribution in [0, 0.1) is 0 Å². The minimum Gasteiger partial charge on any atom is -0.497 e. The van der Waals surface area contributed by atoms with E-state index in [1.165, 1.54) is 12.5 Å². The first kappa shape index (κ1) is 21.9. The summed E-state index contributed by atoms with van der Waals surface area (Å²) in [7, 11) is 3.05. The number of fused-ring (bicyclic) bond motifs is 1. The molecule has 0 bridgehead atoms. The molecule has 166 valence electrons. The van der Waals surface area contributed by atoms with Gasteiger partial charge >= 0.3 is 0 Å². The molecule has 0 unspecified atom stereocenters. The van der Waals surface area contributed by atoms with Crippen LogP contribution in [0.25, 0.3) is 10.8 Å². The van der Waals surface area contributed by atoms with Crippen LogP contribution in [0.2, 0.25) is 0 Å². The largest absolute Gasteiger partial charge is 0.497 e. The Morgan fingerprint density at radius 2 is 1.67 bits per heavy atom. The summed E-state index contributed by atoms with van der Waals surface area (Å²) in [5, 5.41) is 6.44. The first-order chi connectivity index (χ1) is 16.2. The third-order valence-electron chi connectivity index (χ3n) is 5.21. The first-order valence-corrected chi connectivity index (χ1v) is 10.4. The molecule has 4 rings (SSSR count). The van der Waals surface area contributed by atoms with Gasteiger partial charge in [-0.05, 0) is 40.6 Å². The van der Waals surface area contributed by atoms with Crippen molar-refractivity contribution in [3.05, 3.63) is 102 Å². The summed E-state index contributed by atoms with van der Waals surface area (Å²) in [5.41, 5.74) is 4.74. The van der Waals surface area contributed by atoms with E-state index in [4.69, 9.17) is 14.2 Å². The molecule has 0 radical (unpaired) electrons. The number of hydrogen-bond donors (Lipinski definition) is 1. The van der Waals surface area contributed by atoms with Crippen LogP contribution in [0.15, 0.2) is 90.0 Å². The van der Waals surface area contributed by atoms with Crippen LogP contribution in [-0.4, -0.2) is 26.3 Å². The number of rotatable bonds is 8. The molecular formula is C27H24N2O4. The topological polar surface area (TPSA) is 69.2 Å². The molecule has 1 N–H and O–H groups in total. The molecule has 4 aromatic carbocycles. The zero-order chi connectivity index (χ0) is 23.0. The van der Waals surface area contributed by atoms with E-state index in [0.717, 1.165) is 16.5 Å². The average Bonchev–Trinajstić information content (AvgIpc) is 2.87. The molecular weight excluding hydrogens is 416 g/mol. The van der Waals surface area contributed by atoms with E-state index in [0.29, 0.717) is 29.4 Å². The van der Waals surface area contributed by atoms with Crippen molar-refractivity contribution >= 4 is 22.9 Å². The monoisotopic (exact) mass is 440 g/mol. The molecule has 0 aromatic heterocycles. The van der Waals surface area contributed by atoms with Crippen molar-refractivity contribution in [2.75, 3.05) is 14.2 Å². The van der Waals surface area contributed by atoms with Crippen LogP contribution < -0.4 is 19.6 Å². The highest BCUT2D eigenvalue weighted by Gasteiger charge is 2.13. The normalized spacial score (nSPS) is 10.8.